The van der Waals surface area contributed by atoms with Crippen LogP contribution in [-0.2, 0) is 14.6 Å². The zero-order valence-corrected chi connectivity index (χ0v) is 13.3. The molecule has 0 aromatic rings. The first kappa shape index (κ1) is 18.7. The fraction of sp³-hybridized carbons (Fsp3) is 0.917. The smallest absolute Gasteiger partial charge is 0.223 e. The van der Waals surface area contributed by atoms with E-state index in [1.807, 2.05) is 13.8 Å². The summed E-state index contributed by atoms with van der Waals surface area (Å²) in [5.41, 5.74) is 5.60. The second-order valence-corrected chi connectivity index (χ2v) is 7.61. The van der Waals surface area contributed by atoms with Gasteiger partial charge >= 0.3 is 0 Å². The Hall–Kier alpha value is -0.330. The molecule has 1 heterocycles. The summed E-state index contributed by atoms with van der Waals surface area (Å²) in [5.74, 6) is 0.141. The molecule has 1 amide bonds. The first-order valence-electron chi connectivity index (χ1n) is 6.55. The van der Waals surface area contributed by atoms with Gasteiger partial charge in [0.1, 0.15) is 0 Å². The largest absolute Gasteiger partial charge is 0.338 e. The van der Waals surface area contributed by atoms with E-state index in [9.17, 15) is 13.2 Å². The van der Waals surface area contributed by atoms with Crippen LogP contribution in [0.4, 0.5) is 0 Å². The van der Waals surface area contributed by atoms with Crippen molar-refractivity contribution in [2.75, 3.05) is 24.6 Å². The van der Waals surface area contributed by atoms with Crippen LogP contribution in [0.2, 0.25) is 0 Å². The maximum absolute atomic E-state index is 12.0. The monoisotopic (exact) mass is 312 g/mol. The molecule has 2 N–H and O–H groups in total. The minimum Gasteiger partial charge on any atom is -0.338 e. The van der Waals surface area contributed by atoms with Crippen molar-refractivity contribution in [2.45, 2.75) is 39.2 Å². The highest BCUT2D eigenvalue weighted by atomic mass is 35.5. The Kier molecular flexibility index (Phi) is 7.93. The van der Waals surface area contributed by atoms with Crippen molar-refractivity contribution in [2.24, 2.45) is 11.7 Å². The molecule has 0 spiro atoms. The molecule has 5 nitrogen and oxygen atoms in total. The van der Waals surface area contributed by atoms with Crippen molar-refractivity contribution >= 4 is 28.2 Å². The molecule has 1 rings (SSSR count). The molecule has 1 saturated heterocycles. The quantitative estimate of drug-likeness (QED) is 0.787. The van der Waals surface area contributed by atoms with Gasteiger partial charge in [-0.2, -0.15) is 0 Å². The lowest BCUT2D eigenvalue weighted by atomic mass is 10.2. The minimum atomic E-state index is -3.11. The number of hydrogen-bond acceptors (Lipinski definition) is 4. The second kappa shape index (κ2) is 8.07. The van der Waals surface area contributed by atoms with Gasteiger partial charge in [-0.1, -0.05) is 13.8 Å². The number of halogens is 1. The van der Waals surface area contributed by atoms with Gasteiger partial charge in [0.25, 0.3) is 0 Å². The van der Waals surface area contributed by atoms with Crippen LogP contribution >= 0.6 is 12.4 Å². The van der Waals surface area contributed by atoms with Gasteiger partial charge in [-0.25, -0.2) is 8.42 Å². The van der Waals surface area contributed by atoms with E-state index in [-0.39, 0.29) is 48.2 Å². The third-order valence-corrected chi connectivity index (χ3v) is 5.18. The van der Waals surface area contributed by atoms with Crippen LogP contribution in [0.3, 0.4) is 0 Å². The van der Waals surface area contributed by atoms with E-state index in [2.05, 4.69) is 0 Å². The number of amides is 1. The van der Waals surface area contributed by atoms with Crippen molar-refractivity contribution in [3.05, 3.63) is 0 Å². The van der Waals surface area contributed by atoms with E-state index in [1.54, 1.807) is 4.90 Å². The van der Waals surface area contributed by atoms with E-state index in [0.717, 1.165) is 12.8 Å². The molecule has 1 aliphatic heterocycles. The summed E-state index contributed by atoms with van der Waals surface area (Å²) in [6, 6.07) is 0.102. The van der Waals surface area contributed by atoms with Gasteiger partial charge in [-0.05, 0) is 18.8 Å². The summed E-state index contributed by atoms with van der Waals surface area (Å²) in [6.45, 7) is 4.91. The predicted octanol–water partition coefficient (Wildman–Crippen LogP) is 0.819. The molecule has 0 saturated carbocycles. The Labute approximate surface area is 122 Å². The van der Waals surface area contributed by atoms with Crippen LogP contribution in [0.1, 0.15) is 33.1 Å². The Morgan fingerprint density at radius 3 is 2.58 bits per heavy atom. The highest BCUT2D eigenvalue weighted by Crippen LogP contribution is 2.17. The van der Waals surface area contributed by atoms with Crippen molar-refractivity contribution in [3.63, 3.8) is 0 Å². The van der Waals surface area contributed by atoms with E-state index in [0.29, 0.717) is 13.1 Å². The van der Waals surface area contributed by atoms with Gasteiger partial charge in [-0.3, -0.25) is 4.79 Å². The summed E-state index contributed by atoms with van der Waals surface area (Å²) in [5, 5.41) is 0. The molecule has 0 aromatic heterocycles. The predicted molar refractivity (Wildman–Crippen MR) is 79.1 cm³/mol. The number of sulfone groups is 1. The molecule has 1 unspecified atom stereocenters. The van der Waals surface area contributed by atoms with Crippen molar-refractivity contribution in [1.29, 1.82) is 0 Å². The SMILES string of the molecule is CC(C)CS(=O)(=O)CCC(=O)N1CCCC1CN.Cl. The Morgan fingerprint density at radius 2 is 2.05 bits per heavy atom. The summed E-state index contributed by atoms with van der Waals surface area (Å²) in [7, 11) is -3.11. The van der Waals surface area contributed by atoms with Gasteiger partial charge in [-0.15, -0.1) is 12.4 Å². The van der Waals surface area contributed by atoms with Gasteiger partial charge in [0, 0.05) is 25.6 Å². The van der Waals surface area contributed by atoms with Gasteiger partial charge < -0.3 is 10.6 Å². The molecular formula is C12H25ClN2O3S. The lowest BCUT2D eigenvalue weighted by Crippen LogP contribution is -2.40. The third kappa shape index (κ3) is 6.10. The minimum absolute atomic E-state index is 0. The van der Waals surface area contributed by atoms with Crippen LogP contribution in [0.25, 0.3) is 0 Å². The van der Waals surface area contributed by atoms with Crippen LogP contribution in [-0.4, -0.2) is 49.9 Å². The lowest BCUT2D eigenvalue weighted by Gasteiger charge is -2.23. The molecule has 0 bridgehead atoms. The van der Waals surface area contributed by atoms with Crippen LogP contribution < -0.4 is 5.73 Å². The summed E-state index contributed by atoms with van der Waals surface area (Å²) in [6.07, 6.45) is 1.99. The normalized spacial score (nSPS) is 19.6. The average Bonchev–Trinajstić information content (AvgIpc) is 2.72. The molecule has 0 aromatic carbocycles. The zero-order chi connectivity index (χ0) is 13.8. The molecule has 1 atom stereocenters. The van der Waals surface area contributed by atoms with Crippen LogP contribution in [0.15, 0.2) is 0 Å². The van der Waals surface area contributed by atoms with Gasteiger partial charge in [0.2, 0.25) is 5.91 Å². The Balaban J connectivity index is 0.00000324. The number of nitrogens with two attached hydrogens (primary N) is 1. The van der Waals surface area contributed by atoms with Gasteiger partial charge in [0.15, 0.2) is 9.84 Å². The molecule has 0 aliphatic carbocycles. The Bertz CT molecular complexity index is 384. The number of carbonyl (C=O) groups excluding carboxylic acids is 1. The lowest BCUT2D eigenvalue weighted by molar-refractivity contribution is -0.131. The molecule has 1 fully saturated rings. The summed E-state index contributed by atoms with van der Waals surface area (Å²) in [4.78, 5) is 13.7. The summed E-state index contributed by atoms with van der Waals surface area (Å²) < 4.78 is 23.4. The standard InChI is InChI=1S/C12H24N2O3S.ClH/c1-10(2)9-18(16,17)7-5-12(15)14-6-3-4-11(14)8-13;/h10-11H,3-9,13H2,1-2H3;1H. The number of hydrogen-bond donors (Lipinski definition) is 1. The van der Waals surface area contributed by atoms with Crippen LogP contribution in [0, 0.1) is 5.92 Å². The summed E-state index contributed by atoms with van der Waals surface area (Å²) >= 11 is 0. The maximum atomic E-state index is 12.0. The molecule has 114 valence electrons. The van der Waals surface area contributed by atoms with Crippen molar-refractivity contribution in [1.82, 2.24) is 4.90 Å². The first-order chi connectivity index (χ1) is 8.35. The maximum Gasteiger partial charge on any atom is 0.223 e. The second-order valence-electron chi connectivity index (χ2n) is 5.38. The highest BCUT2D eigenvalue weighted by molar-refractivity contribution is 7.91. The molecule has 19 heavy (non-hydrogen) atoms. The van der Waals surface area contributed by atoms with Crippen molar-refractivity contribution < 1.29 is 13.2 Å². The first-order valence-corrected chi connectivity index (χ1v) is 8.38. The van der Waals surface area contributed by atoms with E-state index < -0.39 is 9.84 Å². The molecule has 7 heteroatoms. The fourth-order valence-corrected chi connectivity index (χ4v) is 4.05. The van der Waals surface area contributed by atoms with Crippen LogP contribution in [0.5, 0.6) is 0 Å². The number of carbonyl (C=O) groups is 1. The van der Waals surface area contributed by atoms with E-state index >= 15 is 0 Å². The highest BCUT2D eigenvalue weighted by Gasteiger charge is 2.28. The molecule has 0 radical (unpaired) electrons. The van der Waals surface area contributed by atoms with Crippen molar-refractivity contribution in [3.8, 4) is 0 Å². The van der Waals surface area contributed by atoms with E-state index in [1.165, 1.54) is 0 Å². The molecular weight excluding hydrogens is 288 g/mol. The number of rotatable bonds is 6. The fourth-order valence-electron chi connectivity index (χ4n) is 2.39. The zero-order valence-electron chi connectivity index (χ0n) is 11.7. The van der Waals surface area contributed by atoms with Gasteiger partial charge in [0.05, 0.1) is 11.5 Å². The number of nitrogens with zero attached hydrogens (tertiary/aromatic N) is 1. The Morgan fingerprint density at radius 1 is 1.42 bits per heavy atom. The average molecular weight is 313 g/mol. The van der Waals surface area contributed by atoms with E-state index in [4.69, 9.17) is 5.73 Å². The molecule has 1 aliphatic rings. The third-order valence-electron chi connectivity index (χ3n) is 3.18. The number of likely N-dealkylation sites (tertiary alicyclic amines) is 1. The topological polar surface area (TPSA) is 80.5 Å².